The molecule has 1 N–H and O–H groups in total. The summed E-state index contributed by atoms with van der Waals surface area (Å²) in [6, 6.07) is 2.78. The van der Waals surface area contributed by atoms with Crippen LogP contribution in [0.25, 0.3) is 0 Å². The Bertz CT molecular complexity index is 634. The van der Waals surface area contributed by atoms with E-state index in [1.54, 1.807) is 0 Å². The predicted octanol–water partition coefficient (Wildman–Crippen LogP) is 1.39. The number of hydrogen-bond donors (Lipinski definition) is 1. The highest BCUT2D eigenvalue weighted by atomic mass is 35.5. The van der Waals surface area contributed by atoms with E-state index in [-0.39, 0.29) is 28.8 Å². The van der Waals surface area contributed by atoms with Crippen LogP contribution >= 0.6 is 11.6 Å². The molecule has 0 saturated carbocycles. The van der Waals surface area contributed by atoms with Gasteiger partial charge in [-0.3, -0.25) is 10.1 Å². The normalized spacial score (nSPS) is 20.2. The third-order valence-corrected chi connectivity index (χ3v) is 5.68. The number of non-ortho nitro benzene ring substituents is 1. The minimum atomic E-state index is -3.95. The van der Waals surface area contributed by atoms with Gasteiger partial charge in [0.25, 0.3) is 5.69 Å². The van der Waals surface area contributed by atoms with E-state index in [0.717, 1.165) is 16.4 Å². The van der Waals surface area contributed by atoms with Gasteiger partial charge in [-0.2, -0.15) is 4.31 Å². The second-order valence-corrected chi connectivity index (χ2v) is 6.73. The minimum Gasteiger partial charge on any atom is -0.395 e. The molecule has 1 unspecified atom stereocenters. The highest BCUT2D eigenvalue weighted by Gasteiger charge is 2.36. The molecule has 0 amide bonds. The third kappa shape index (κ3) is 2.64. The first-order chi connectivity index (χ1) is 9.37. The SMILES string of the molecule is O=[N+]([O-])c1ccc(Cl)c(S(=O)(=O)N2CCCC2CO)c1. The fourth-order valence-electron chi connectivity index (χ4n) is 2.24. The van der Waals surface area contributed by atoms with E-state index in [0.29, 0.717) is 12.8 Å². The number of rotatable bonds is 4. The van der Waals surface area contributed by atoms with Crippen LogP contribution in [-0.2, 0) is 10.0 Å². The Balaban J connectivity index is 2.48. The maximum Gasteiger partial charge on any atom is 0.270 e. The second-order valence-electron chi connectivity index (χ2n) is 4.47. The van der Waals surface area contributed by atoms with Crippen molar-refractivity contribution in [1.82, 2.24) is 4.31 Å². The van der Waals surface area contributed by atoms with E-state index >= 15 is 0 Å². The van der Waals surface area contributed by atoms with Gasteiger partial charge >= 0.3 is 0 Å². The maximum atomic E-state index is 12.5. The molecule has 1 atom stereocenters. The molecule has 2 rings (SSSR count). The minimum absolute atomic E-state index is 0.0702. The lowest BCUT2D eigenvalue weighted by molar-refractivity contribution is -0.385. The molecule has 20 heavy (non-hydrogen) atoms. The van der Waals surface area contributed by atoms with Crippen LogP contribution < -0.4 is 0 Å². The average molecular weight is 321 g/mol. The number of aliphatic hydroxyl groups excluding tert-OH is 1. The fraction of sp³-hybridized carbons (Fsp3) is 0.455. The van der Waals surface area contributed by atoms with Gasteiger partial charge in [0.1, 0.15) is 4.90 Å². The molecule has 1 saturated heterocycles. The lowest BCUT2D eigenvalue weighted by Gasteiger charge is -2.22. The van der Waals surface area contributed by atoms with Crippen LogP contribution in [0.3, 0.4) is 0 Å². The lowest BCUT2D eigenvalue weighted by atomic mass is 10.2. The van der Waals surface area contributed by atoms with Crippen molar-refractivity contribution in [2.24, 2.45) is 0 Å². The maximum absolute atomic E-state index is 12.5. The summed E-state index contributed by atoms with van der Waals surface area (Å²) in [4.78, 5) is 9.77. The smallest absolute Gasteiger partial charge is 0.270 e. The molecule has 110 valence electrons. The summed E-state index contributed by atoms with van der Waals surface area (Å²) in [7, 11) is -3.95. The Morgan fingerprint density at radius 2 is 2.20 bits per heavy atom. The van der Waals surface area contributed by atoms with Gasteiger partial charge in [0.15, 0.2) is 0 Å². The summed E-state index contributed by atoms with van der Waals surface area (Å²) < 4.78 is 26.2. The summed E-state index contributed by atoms with van der Waals surface area (Å²) in [6.45, 7) is -0.0155. The molecular formula is C11H13ClN2O5S. The number of benzene rings is 1. The largest absolute Gasteiger partial charge is 0.395 e. The van der Waals surface area contributed by atoms with Gasteiger partial charge in [0.2, 0.25) is 10.0 Å². The topological polar surface area (TPSA) is 101 Å². The highest BCUT2D eigenvalue weighted by molar-refractivity contribution is 7.89. The van der Waals surface area contributed by atoms with Gasteiger partial charge < -0.3 is 5.11 Å². The predicted molar refractivity (Wildman–Crippen MR) is 72.1 cm³/mol. The number of nitro groups is 1. The van der Waals surface area contributed by atoms with Crippen molar-refractivity contribution in [3.8, 4) is 0 Å². The van der Waals surface area contributed by atoms with Gasteiger partial charge in [0, 0.05) is 24.7 Å². The Morgan fingerprint density at radius 1 is 1.50 bits per heavy atom. The van der Waals surface area contributed by atoms with Crippen molar-refractivity contribution in [3.63, 3.8) is 0 Å². The molecule has 0 aromatic heterocycles. The molecule has 1 fully saturated rings. The van der Waals surface area contributed by atoms with E-state index in [9.17, 15) is 23.6 Å². The van der Waals surface area contributed by atoms with E-state index in [1.165, 1.54) is 6.07 Å². The average Bonchev–Trinajstić information content (AvgIpc) is 2.87. The Kier molecular flexibility index (Phi) is 4.28. The standard InChI is InChI=1S/C11H13ClN2O5S/c12-10-4-3-8(14(16)17)6-11(10)20(18,19)13-5-1-2-9(13)7-15/h3-4,6,9,15H,1-2,5,7H2. The zero-order valence-corrected chi connectivity index (χ0v) is 12.0. The summed E-state index contributed by atoms with van der Waals surface area (Å²) in [5.41, 5.74) is -0.340. The van der Waals surface area contributed by atoms with Crippen molar-refractivity contribution < 1.29 is 18.4 Å². The lowest BCUT2D eigenvalue weighted by Crippen LogP contribution is -2.37. The molecule has 9 heteroatoms. The van der Waals surface area contributed by atoms with Crippen LogP contribution in [0.2, 0.25) is 5.02 Å². The quantitative estimate of drug-likeness (QED) is 0.667. The van der Waals surface area contributed by atoms with Gasteiger partial charge in [-0.05, 0) is 18.9 Å². The molecular weight excluding hydrogens is 308 g/mol. The summed E-state index contributed by atoms with van der Waals surface area (Å²) in [5, 5.41) is 19.9. The van der Waals surface area contributed by atoms with Crippen LogP contribution in [0.4, 0.5) is 5.69 Å². The molecule has 1 heterocycles. The molecule has 0 bridgehead atoms. The number of hydrogen-bond acceptors (Lipinski definition) is 5. The molecule has 1 aromatic carbocycles. The molecule has 0 spiro atoms. The molecule has 1 aliphatic rings. The third-order valence-electron chi connectivity index (χ3n) is 3.25. The van der Waals surface area contributed by atoms with Crippen LogP contribution in [-0.4, -0.2) is 41.9 Å². The highest BCUT2D eigenvalue weighted by Crippen LogP contribution is 2.32. The summed E-state index contributed by atoms with van der Waals surface area (Å²) in [5.74, 6) is 0. The first-order valence-corrected chi connectivity index (χ1v) is 7.76. The van der Waals surface area contributed by atoms with Gasteiger partial charge in [-0.1, -0.05) is 11.6 Å². The van der Waals surface area contributed by atoms with Crippen molar-refractivity contribution in [2.45, 2.75) is 23.8 Å². The number of nitro benzene ring substituents is 1. The fourth-order valence-corrected chi connectivity index (χ4v) is 4.42. The van der Waals surface area contributed by atoms with E-state index in [1.807, 2.05) is 0 Å². The van der Waals surface area contributed by atoms with Crippen LogP contribution in [0.1, 0.15) is 12.8 Å². The molecule has 1 aliphatic heterocycles. The molecule has 1 aromatic rings. The van der Waals surface area contributed by atoms with Crippen molar-refractivity contribution >= 4 is 27.3 Å². The van der Waals surface area contributed by atoms with E-state index in [2.05, 4.69) is 0 Å². The van der Waals surface area contributed by atoms with Gasteiger partial charge in [-0.25, -0.2) is 8.42 Å². The molecule has 0 radical (unpaired) electrons. The monoisotopic (exact) mass is 320 g/mol. The Labute approximate surface area is 121 Å². The zero-order chi connectivity index (χ0) is 14.9. The first kappa shape index (κ1) is 15.2. The Hall–Kier alpha value is -1.22. The van der Waals surface area contributed by atoms with Gasteiger partial charge in [-0.15, -0.1) is 0 Å². The number of nitrogens with zero attached hydrogens (tertiary/aromatic N) is 2. The number of sulfonamides is 1. The summed E-state index contributed by atoms with van der Waals surface area (Å²) >= 11 is 5.86. The van der Waals surface area contributed by atoms with E-state index in [4.69, 9.17) is 11.6 Å². The van der Waals surface area contributed by atoms with Crippen molar-refractivity contribution in [2.75, 3.05) is 13.2 Å². The Morgan fingerprint density at radius 3 is 2.80 bits per heavy atom. The van der Waals surface area contributed by atoms with E-state index < -0.39 is 21.0 Å². The van der Waals surface area contributed by atoms with Crippen LogP contribution in [0.5, 0.6) is 0 Å². The number of aliphatic hydroxyl groups is 1. The first-order valence-electron chi connectivity index (χ1n) is 5.94. The summed E-state index contributed by atoms with van der Waals surface area (Å²) in [6.07, 6.45) is 1.19. The number of halogens is 1. The van der Waals surface area contributed by atoms with Crippen molar-refractivity contribution in [3.05, 3.63) is 33.3 Å². The second kappa shape index (κ2) is 5.65. The molecule has 7 nitrogen and oxygen atoms in total. The zero-order valence-electron chi connectivity index (χ0n) is 10.4. The van der Waals surface area contributed by atoms with Crippen LogP contribution in [0.15, 0.2) is 23.1 Å². The van der Waals surface area contributed by atoms with Crippen molar-refractivity contribution in [1.29, 1.82) is 0 Å². The van der Waals surface area contributed by atoms with Crippen LogP contribution in [0, 0.1) is 10.1 Å². The van der Waals surface area contributed by atoms with Gasteiger partial charge in [0.05, 0.1) is 16.6 Å². The molecule has 0 aliphatic carbocycles.